The Morgan fingerprint density at radius 3 is 0.500 bits per heavy atom. The van der Waals surface area contributed by atoms with Crippen LogP contribution in [0.5, 0.6) is 0 Å². The molecule has 0 saturated carbocycles. The Labute approximate surface area is 735 Å². The minimum Gasteiger partial charge on any atom is -0.0622 e. The molecule has 18 aromatic carbocycles. The third-order valence-corrected chi connectivity index (χ3v) is 30.6. The van der Waals surface area contributed by atoms with Crippen LogP contribution in [-0.2, 0) is 30.3 Å². The third kappa shape index (κ3) is 21.8. The van der Waals surface area contributed by atoms with Gasteiger partial charge in [-0.15, -0.1) is 0 Å². The van der Waals surface area contributed by atoms with Gasteiger partial charge >= 0.3 is 69.1 Å². The summed E-state index contributed by atoms with van der Waals surface area (Å²) in [6.45, 7) is 13.1. The second-order valence-corrected chi connectivity index (χ2v) is 43.0. The normalized spacial score (nSPS) is 11.1. The van der Waals surface area contributed by atoms with Gasteiger partial charge in [-0.05, 0) is 197 Å². The largest absolute Gasteiger partial charge is 0.0622 e. The zero-order valence-electron chi connectivity index (χ0n) is 66.7. The second-order valence-electron chi connectivity index (χ2n) is 29.0. The topological polar surface area (TPSA) is 0 Å². The minimum atomic E-state index is -0.852. The smallest absolute Gasteiger partial charge is 0.000884 e. The van der Waals surface area contributed by atoms with E-state index in [0.29, 0.717) is 11.8 Å². The molecule has 0 nitrogen and oxygen atoms in total. The first-order valence-corrected chi connectivity index (χ1v) is 53.8. The van der Waals surface area contributed by atoms with E-state index >= 15 is 0 Å². The second kappa shape index (κ2) is 44.4. The molecule has 0 heterocycles. The van der Waals surface area contributed by atoms with Crippen LogP contribution >= 0.6 is 70.5 Å². The Morgan fingerprint density at radius 1 is 0.186 bits per heavy atom. The molecular formula is C108H92Cl4P4Ru2. The van der Waals surface area contributed by atoms with Gasteiger partial charge in [0.05, 0.1) is 0 Å². The molecule has 0 unspecified atom stereocenters. The van der Waals surface area contributed by atoms with E-state index in [1.807, 2.05) is 0 Å². The van der Waals surface area contributed by atoms with Gasteiger partial charge in [0.2, 0.25) is 0 Å². The first kappa shape index (κ1) is 87.0. The van der Waals surface area contributed by atoms with E-state index < -0.39 is 31.7 Å². The maximum Gasteiger partial charge on any atom is -0.000884 e. The van der Waals surface area contributed by atoms with Crippen molar-refractivity contribution in [2.45, 2.75) is 53.4 Å². The first-order chi connectivity index (χ1) is 58.0. The molecule has 10 heteroatoms. The summed E-state index contributed by atoms with van der Waals surface area (Å²) in [5.74, 6) is 1.31. The van der Waals surface area contributed by atoms with E-state index in [1.54, 1.807) is 0 Å². The maximum atomic E-state index is 4.85. The van der Waals surface area contributed by atoms with Crippen LogP contribution in [0.4, 0.5) is 0 Å². The molecular weight excluding hydrogens is 1770 g/mol. The fourth-order valence-corrected chi connectivity index (χ4v) is 25.0. The van der Waals surface area contributed by atoms with Crippen LogP contribution in [0.2, 0.25) is 0 Å². The number of benzene rings is 18. The fourth-order valence-electron chi connectivity index (χ4n) is 15.1. The van der Waals surface area contributed by atoms with Crippen LogP contribution < -0.4 is 63.7 Å². The molecule has 0 radical (unpaired) electrons. The Morgan fingerprint density at radius 2 is 0.339 bits per heavy atom. The van der Waals surface area contributed by atoms with Gasteiger partial charge in [0, 0.05) is 0 Å². The van der Waals surface area contributed by atoms with Crippen molar-refractivity contribution in [2.75, 3.05) is 0 Å². The van der Waals surface area contributed by atoms with Crippen molar-refractivity contribution in [1.82, 2.24) is 0 Å². The molecule has 0 aliphatic carbocycles. The number of aryl methyl sites for hydroxylation is 2. The quantitative estimate of drug-likeness (QED) is 0.0668. The van der Waals surface area contributed by atoms with Gasteiger partial charge in [-0.3, -0.25) is 0 Å². The molecule has 588 valence electrons. The molecule has 18 rings (SSSR count). The van der Waals surface area contributed by atoms with E-state index in [1.165, 1.54) is 151 Å². The van der Waals surface area contributed by atoms with Gasteiger partial charge in [0.25, 0.3) is 0 Å². The van der Waals surface area contributed by atoms with Crippen molar-refractivity contribution in [3.63, 3.8) is 0 Å². The zero-order valence-corrected chi connectivity index (χ0v) is 76.8. The monoisotopic (exact) mass is 1860 g/mol. The number of rotatable bonds is 16. The first-order valence-electron chi connectivity index (χ1n) is 39.5. The van der Waals surface area contributed by atoms with Crippen LogP contribution in [0.25, 0.3) is 65.3 Å². The Balaban J connectivity index is 0.000000157. The van der Waals surface area contributed by atoms with Crippen molar-refractivity contribution in [1.29, 1.82) is 0 Å². The number of hydrogen-bond donors (Lipinski definition) is 0. The number of fused-ring (bicyclic) bond motifs is 4. The molecule has 0 aliphatic rings. The van der Waals surface area contributed by atoms with Gasteiger partial charge < -0.3 is 0 Å². The molecule has 0 atom stereocenters. The van der Waals surface area contributed by atoms with Crippen LogP contribution in [0, 0.1) is 13.8 Å². The van der Waals surface area contributed by atoms with Crippen molar-refractivity contribution in [2.24, 2.45) is 0 Å². The summed E-state index contributed by atoms with van der Waals surface area (Å²) in [5.41, 5.74) is 10.9. The molecule has 0 aliphatic heterocycles. The van der Waals surface area contributed by atoms with E-state index in [9.17, 15) is 0 Å². The van der Waals surface area contributed by atoms with Crippen molar-refractivity contribution >= 4 is 177 Å². The molecule has 0 bridgehead atoms. The summed E-state index contributed by atoms with van der Waals surface area (Å²) in [6.07, 6.45) is 0. The summed E-state index contributed by atoms with van der Waals surface area (Å²) < 4.78 is 0. The Hall–Kier alpha value is -8.87. The molecule has 0 saturated heterocycles. The Bertz CT molecular complexity index is 5270. The van der Waals surface area contributed by atoms with Crippen LogP contribution in [0.3, 0.4) is 0 Å². The summed E-state index contributed by atoms with van der Waals surface area (Å²) in [5, 5.41) is 26.7. The predicted molar refractivity (Wildman–Crippen MR) is 523 cm³/mol. The maximum absolute atomic E-state index is 4.85. The molecule has 118 heavy (non-hydrogen) atoms. The zero-order chi connectivity index (χ0) is 82.0. The van der Waals surface area contributed by atoms with Gasteiger partial charge in [0.15, 0.2) is 0 Å². The van der Waals surface area contributed by atoms with E-state index in [0.717, 1.165) is 0 Å². The number of hydrogen-bond acceptors (Lipinski definition) is 0. The summed E-state index contributed by atoms with van der Waals surface area (Å²) in [7, 11) is 16.0. The average molecular weight is 1860 g/mol. The van der Waals surface area contributed by atoms with Crippen LogP contribution in [0.1, 0.15) is 61.8 Å². The predicted octanol–water partition coefficient (Wildman–Crippen LogP) is 27.3. The van der Waals surface area contributed by atoms with Crippen LogP contribution in [0.15, 0.2) is 437 Å². The third-order valence-electron chi connectivity index (χ3n) is 20.7. The van der Waals surface area contributed by atoms with Gasteiger partial charge in [-0.25, -0.2) is 0 Å². The van der Waals surface area contributed by atoms with Gasteiger partial charge in [-0.2, -0.15) is 0 Å². The van der Waals surface area contributed by atoms with E-state index in [2.05, 4.69) is 478 Å². The SMILES string of the molecule is Cc1ccc(C(C)C)cc1.Cc1ccc(C(C)C)cc1.[Cl][Ru][Cl].[Cl][Ru][Cl].c1ccc(P(c2ccccc2)c2ccc3ccccc3c2-c2c(P(c3ccccc3)c3ccccc3)ccc3ccccc23)cc1.c1ccc(P(c2ccccc2)c2ccc3ccccc3c2-c2c(P(c3ccccc3)c3ccccc3)ccc3ccccc23)cc1. The minimum absolute atomic E-state index is 0.346. The number of halogens is 4. The van der Waals surface area contributed by atoms with Gasteiger partial charge in [0.1, 0.15) is 0 Å². The molecule has 0 N–H and O–H groups in total. The van der Waals surface area contributed by atoms with Crippen LogP contribution in [-0.4, -0.2) is 0 Å². The fraction of sp³-hybridized carbons (Fsp3) is 0.0741. The van der Waals surface area contributed by atoms with Crippen molar-refractivity contribution < 1.29 is 30.3 Å². The average Bonchev–Trinajstić information content (AvgIpc) is 0.736. The summed E-state index contributed by atoms with van der Waals surface area (Å²) >= 11 is -0.691. The van der Waals surface area contributed by atoms with Crippen molar-refractivity contribution in [3.05, 3.63) is 459 Å². The van der Waals surface area contributed by atoms with Crippen molar-refractivity contribution in [3.8, 4) is 22.3 Å². The van der Waals surface area contributed by atoms with Gasteiger partial charge in [-0.1, -0.05) is 476 Å². The Kier molecular flexibility index (Phi) is 32.7. The van der Waals surface area contributed by atoms with E-state index in [-0.39, 0.29) is 30.3 Å². The standard InChI is InChI=1S/2C44H32P2.2C10H14.4ClH.2Ru/c2*1-5-19-35(20-6-1)45(36-21-7-2-8-22-36)41-31-29-33-17-13-15-27-39(33)43(41)44-40-28-16-14-18-34(40)30-32-42(44)46(37-23-9-3-10-24-37)38-25-11-4-12-26-38;2*1-8(2)10-6-4-9(3)5-7-10;;;;;;/h2*1-32H;2*4-8H,1-3H3;4*1H;;/q;;;;;;;;2*+2/p-4. The molecule has 0 aromatic heterocycles. The molecule has 18 aromatic rings. The van der Waals surface area contributed by atoms with E-state index in [4.69, 9.17) is 38.8 Å². The molecule has 0 fully saturated rings. The summed E-state index contributed by atoms with van der Waals surface area (Å²) in [6, 6.07) is 161. The summed E-state index contributed by atoms with van der Waals surface area (Å²) in [4.78, 5) is 0. The molecule has 0 amide bonds. The molecule has 0 spiro atoms.